The van der Waals surface area contributed by atoms with Crippen LogP contribution in [-0.4, -0.2) is 53.3 Å². The molecule has 8 heteroatoms. The van der Waals surface area contributed by atoms with E-state index in [1.165, 1.54) is 25.7 Å². The third-order valence-corrected chi connectivity index (χ3v) is 10.3. The normalized spacial score (nSPS) is 27.1. The summed E-state index contributed by atoms with van der Waals surface area (Å²) in [6, 6.07) is 6.67. The Kier molecular flexibility index (Phi) is 6.38. The van der Waals surface area contributed by atoms with Gasteiger partial charge in [0, 0.05) is 29.2 Å². The van der Waals surface area contributed by atoms with Crippen molar-refractivity contribution < 1.29 is 13.9 Å². The first kappa shape index (κ1) is 24.8. The fraction of sp³-hybridized carbons (Fsp3) is 0.533. The van der Waals surface area contributed by atoms with Crippen molar-refractivity contribution in [1.82, 2.24) is 14.9 Å². The summed E-state index contributed by atoms with van der Waals surface area (Å²) in [5.74, 6) is 2.21. The summed E-state index contributed by atoms with van der Waals surface area (Å²) in [4.78, 5) is 11.9. The minimum Gasteiger partial charge on any atom is -0.493 e. The van der Waals surface area contributed by atoms with Crippen molar-refractivity contribution in [2.75, 3.05) is 25.5 Å². The van der Waals surface area contributed by atoms with Gasteiger partial charge in [-0.1, -0.05) is 12.1 Å². The van der Waals surface area contributed by atoms with Gasteiger partial charge in [-0.05, 0) is 112 Å². The van der Waals surface area contributed by atoms with Crippen LogP contribution in [0.15, 0.2) is 24.4 Å². The maximum absolute atomic E-state index is 16.4. The Morgan fingerprint density at radius 3 is 2.82 bits per heavy atom. The Balaban J connectivity index is 1.34. The summed E-state index contributed by atoms with van der Waals surface area (Å²) < 4.78 is 29.9. The lowest BCUT2D eigenvalue weighted by Crippen LogP contribution is -2.41. The Bertz CT molecular complexity index is 1390. The van der Waals surface area contributed by atoms with Gasteiger partial charge in [0.05, 0.1) is 15.9 Å². The lowest BCUT2D eigenvalue weighted by atomic mass is 9.78. The summed E-state index contributed by atoms with van der Waals surface area (Å²) in [5, 5.41) is 4.52. The van der Waals surface area contributed by atoms with Crippen LogP contribution in [0.4, 0.5) is 10.1 Å². The van der Waals surface area contributed by atoms with Crippen molar-refractivity contribution in [3.63, 3.8) is 0 Å². The van der Waals surface area contributed by atoms with E-state index in [-0.39, 0.29) is 11.8 Å². The zero-order chi connectivity index (χ0) is 26.0. The topological polar surface area (TPSA) is 59.5 Å². The second-order valence-corrected chi connectivity index (χ2v) is 12.6. The van der Waals surface area contributed by atoms with Crippen LogP contribution in [0.5, 0.6) is 11.6 Å². The van der Waals surface area contributed by atoms with Crippen molar-refractivity contribution >= 4 is 39.2 Å². The van der Waals surface area contributed by atoms with Crippen molar-refractivity contribution in [3.8, 4) is 22.9 Å². The number of anilines is 1. The Morgan fingerprint density at radius 1 is 1.21 bits per heavy atom. The quantitative estimate of drug-likeness (QED) is 0.318. The standard InChI is InChI=1S/C30H34FIN4O2/c1-16(22-9-4-12-36(22)2)38-30-24(32)28(34-25-18-10-11-19(25)14-18)21-15-33-26(23(31)27(21)35-30)20-8-3-6-17-7-5-13-37-29(17)20/h3,6,8,15-16,18-19,22,25H,4-5,7,9-14H2,1-2H3,(H,34,35)/t16-,18-,19+,22-,25?/m0/s1. The van der Waals surface area contributed by atoms with Crippen LogP contribution in [0.2, 0.25) is 0 Å². The van der Waals surface area contributed by atoms with Gasteiger partial charge in [-0.3, -0.25) is 9.88 Å². The molecule has 38 heavy (non-hydrogen) atoms. The number of hydrogen-bond donors (Lipinski definition) is 1. The fourth-order valence-electron chi connectivity index (χ4n) is 7.21. The zero-order valence-corrected chi connectivity index (χ0v) is 24.1. The van der Waals surface area contributed by atoms with Gasteiger partial charge in [0.15, 0.2) is 5.82 Å². The highest BCUT2D eigenvalue weighted by molar-refractivity contribution is 14.1. The smallest absolute Gasteiger partial charge is 0.230 e. The number of aryl methyl sites for hydroxylation is 1. The number of likely N-dealkylation sites (N-methyl/N-ethyl adjacent to an activating group) is 1. The van der Waals surface area contributed by atoms with E-state index in [9.17, 15) is 0 Å². The van der Waals surface area contributed by atoms with Gasteiger partial charge in [-0.25, -0.2) is 9.37 Å². The molecule has 8 rings (SSSR count). The number of para-hydroxylation sites is 1. The first-order chi connectivity index (χ1) is 18.5. The van der Waals surface area contributed by atoms with Crippen LogP contribution in [0.3, 0.4) is 0 Å². The van der Waals surface area contributed by atoms with Crippen molar-refractivity contribution in [2.24, 2.45) is 11.8 Å². The molecule has 2 aliphatic heterocycles. The van der Waals surface area contributed by atoms with E-state index in [1.807, 2.05) is 12.1 Å². The van der Waals surface area contributed by atoms with Crippen LogP contribution < -0.4 is 14.8 Å². The summed E-state index contributed by atoms with van der Waals surface area (Å²) in [6.07, 6.45) is 9.73. The van der Waals surface area contributed by atoms with Crippen molar-refractivity contribution in [2.45, 2.75) is 70.1 Å². The number of nitrogens with zero attached hydrogens (tertiary/aromatic N) is 3. The van der Waals surface area contributed by atoms with Gasteiger partial charge < -0.3 is 14.8 Å². The van der Waals surface area contributed by atoms with Gasteiger partial charge in [0.2, 0.25) is 5.88 Å². The summed E-state index contributed by atoms with van der Waals surface area (Å²) in [7, 11) is 2.15. The first-order valence-corrected chi connectivity index (χ1v) is 15.1. The third kappa shape index (κ3) is 4.05. The molecule has 0 spiro atoms. The van der Waals surface area contributed by atoms with E-state index in [1.54, 1.807) is 6.20 Å². The van der Waals surface area contributed by atoms with Gasteiger partial charge >= 0.3 is 0 Å². The van der Waals surface area contributed by atoms with E-state index in [0.717, 1.165) is 46.4 Å². The fourth-order valence-corrected chi connectivity index (χ4v) is 7.90. The number of nitrogens with one attached hydrogen (secondary N) is 1. The van der Waals surface area contributed by atoms with Gasteiger partial charge in [-0.2, -0.15) is 0 Å². The molecule has 6 nitrogen and oxygen atoms in total. The Morgan fingerprint density at radius 2 is 2.05 bits per heavy atom. The lowest BCUT2D eigenvalue weighted by molar-refractivity contribution is 0.116. The minimum atomic E-state index is -0.420. The number of pyridine rings is 2. The van der Waals surface area contributed by atoms with E-state index in [4.69, 9.17) is 14.5 Å². The SMILES string of the molecule is C[C@H](Oc1nc2c(F)c(-c3cccc4c3OCCC4)ncc2c(NC2[C@@H]3CC[C@H]2C3)c1I)[C@@H]1CCCN1C. The molecule has 0 radical (unpaired) electrons. The molecule has 200 valence electrons. The molecule has 1 saturated heterocycles. The summed E-state index contributed by atoms with van der Waals surface area (Å²) >= 11 is 2.33. The molecular weight excluding hydrogens is 594 g/mol. The van der Waals surface area contributed by atoms with Crippen LogP contribution in [-0.2, 0) is 6.42 Å². The lowest BCUT2D eigenvalue weighted by Gasteiger charge is -2.37. The van der Waals surface area contributed by atoms with E-state index in [0.29, 0.717) is 52.9 Å². The summed E-state index contributed by atoms with van der Waals surface area (Å²) in [5.41, 5.74) is 3.29. The van der Waals surface area contributed by atoms with Crippen LogP contribution >= 0.6 is 22.6 Å². The van der Waals surface area contributed by atoms with Crippen molar-refractivity contribution in [3.05, 3.63) is 39.3 Å². The number of hydrogen-bond acceptors (Lipinski definition) is 6. The maximum Gasteiger partial charge on any atom is 0.230 e. The molecule has 5 aliphatic rings. The third-order valence-electron chi connectivity index (χ3n) is 9.33. The molecule has 4 fully saturated rings. The number of benzene rings is 1. The van der Waals surface area contributed by atoms with Gasteiger partial charge in [0.1, 0.15) is 23.1 Å². The number of likely N-dealkylation sites (tertiary alicyclic amines) is 1. The van der Waals surface area contributed by atoms with Crippen molar-refractivity contribution in [1.29, 1.82) is 0 Å². The van der Waals surface area contributed by atoms with Gasteiger partial charge in [-0.15, -0.1) is 0 Å². The maximum atomic E-state index is 16.4. The highest BCUT2D eigenvalue weighted by atomic mass is 127. The molecule has 3 saturated carbocycles. The molecule has 3 aromatic rings. The number of ether oxygens (including phenoxy) is 2. The molecule has 4 heterocycles. The second kappa shape index (κ2) is 9.77. The van der Waals surface area contributed by atoms with Crippen LogP contribution in [0, 0.1) is 21.2 Å². The van der Waals surface area contributed by atoms with Gasteiger partial charge in [0.25, 0.3) is 0 Å². The number of rotatable bonds is 6. The average molecular weight is 629 g/mol. The first-order valence-electron chi connectivity index (χ1n) is 14.1. The molecule has 1 aromatic carbocycles. The molecule has 2 bridgehead atoms. The molecule has 1 N–H and O–H groups in total. The molecule has 5 atom stereocenters. The van der Waals surface area contributed by atoms with Crippen LogP contribution in [0.1, 0.15) is 51.0 Å². The van der Waals surface area contributed by atoms with E-state index >= 15 is 4.39 Å². The van der Waals surface area contributed by atoms with E-state index < -0.39 is 5.82 Å². The Labute approximate surface area is 236 Å². The molecule has 3 aliphatic carbocycles. The largest absolute Gasteiger partial charge is 0.493 e. The average Bonchev–Trinajstić information content (AvgIpc) is 3.67. The summed E-state index contributed by atoms with van der Waals surface area (Å²) in [6.45, 7) is 3.82. The van der Waals surface area contributed by atoms with Crippen LogP contribution in [0.25, 0.3) is 22.2 Å². The van der Waals surface area contributed by atoms with E-state index in [2.05, 4.69) is 57.8 Å². The molecule has 0 amide bonds. The monoisotopic (exact) mass is 628 g/mol. The molecular formula is C30H34FIN4O2. The number of halogens is 2. The number of fused-ring (bicyclic) bond motifs is 3. The Hall–Kier alpha value is -2.20. The molecule has 2 aromatic heterocycles. The highest BCUT2D eigenvalue weighted by Gasteiger charge is 2.47. The number of aromatic nitrogens is 2. The predicted molar refractivity (Wildman–Crippen MR) is 155 cm³/mol. The molecule has 1 unspecified atom stereocenters. The highest BCUT2D eigenvalue weighted by Crippen LogP contribution is 2.51. The predicted octanol–water partition coefficient (Wildman–Crippen LogP) is 6.44. The minimum absolute atomic E-state index is 0.0485. The second-order valence-electron chi connectivity index (χ2n) is 11.6. The zero-order valence-electron chi connectivity index (χ0n) is 22.0.